The lowest BCUT2D eigenvalue weighted by Gasteiger charge is -2.40. The predicted molar refractivity (Wildman–Crippen MR) is 108 cm³/mol. The molecule has 0 radical (unpaired) electrons. The van der Waals surface area contributed by atoms with E-state index < -0.39 is 0 Å². The smallest absolute Gasteiger partial charge is 0.255 e. The molecule has 3 rings (SSSR count). The number of fused-ring (bicyclic) bond motifs is 1. The average Bonchev–Trinajstić information content (AvgIpc) is 3.02. The van der Waals surface area contributed by atoms with Gasteiger partial charge in [-0.15, -0.1) is 0 Å². The second kappa shape index (κ2) is 8.75. The minimum atomic E-state index is -0.317. The second-order valence-corrected chi connectivity index (χ2v) is 7.97. The number of aromatic amines is 1. The number of hydrazine groups is 1. The van der Waals surface area contributed by atoms with Crippen LogP contribution in [0.3, 0.4) is 0 Å². The Morgan fingerprint density at radius 2 is 1.86 bits per heavy atom. The van der Waals surface area contributed by atoms with E-state index in [4.69, 9.17) is 4.74 Å². The third-order valence-corrected chi connectivity index (χ3v) is 5.09. The van der Waals surface area contributed by atoms with E-state index >= 15 is 0 Å². The van der Waals surface area contributed by atoms with Crippen LogP contribution in [-0.4, -0.2) is 53.0 Å². The number of H-pyrrole nitrogens is 1. The van der Waals surface area contributed by atoms with E-state index in [0.717, 1.165) is 16.5 Å². The zero-order valence-corrected chi connectivity index (χ0v) is 17.0. The summed E-state index contributed by atoms with van der Waals surface area (Å²) in [5.74, 6) is -0.323. The number of ether oxygens (including phenoxy) is 1. The zero-order valence-electron chi connectivity index (χ0n) is 17.0. The van der Waals surface area contributed by atoms with E-state index in [9.17, 15) is 9.59 Å². The highest BCUT2D eigenvalue weighted by atomic mass is 16.5. The fourth-order valence-corrected chi connectivity index (χ4v) is 4.04. The summed E-state index contributed by atoms with van der Waals surface area (Å²) in [5.41, 5.74) is 7.08. The molecule has 2 heterocycles. The van der Waals surface area contributed by atoms with Crippen LogP contribution >= 0.6 is 0 Å². The first kappa shape index (κ1) is 20.4. The molecule has 1 aromatic carbocycles. The topological polar surface area (TPSA) is 86.5 Å². The fourth-order valence-electron chi connectivity index (χ4n) is 4.04. The van der Waals surface area contributed by atoms with Crippen LogP contribution in [0.2, 0.25) is 0 Å². The number of nitrogens with one attached hydrogen (secondary N) is 3. The molecule has 3 N–H and O–H groups in total. The summed E-state index contributed by atoms with van der Waals surface area (Å²) in [6.45, 7) is 9.46. The van der Waals surface area contributed by atoms with E-state index in [1.165, 1.54) is 0 Å². The number of nitrogens with zero attached hydrogens (tertiary/aromatic N) is 1. The molecular weight excluding hydrogens is 356 g/mol. The second-order valence-electron chi connectivity index (χ2n) is 7.97. The summed E-state index contributed by atoms with van der Waals surface area (Å²) in [7, 11) is 0. The maximum atomic E-state index is 12.8. The number of carbonyl (C=O) groups excluding carboxylic acids is 2. The van der Waals surface area contributed by atoms with Crippen molar-refractivity contribution in [1.82, 2.24) is 20.7 Å². The Kier molecular flexibility index (Phi) is 6.36. The monoisotopic (exact) mass is 386 g/mol. The fraction of sp³-hybridized carbons (Fsp3) is 0.524. The third kappa shape index (κ3) is 4.72. The quantitative estimate of drug-likeness (QED) is 0.686. The van der Waals surface area contributed by atoms with Gasteiger partial charge in [-0.2, -0.15) is 0 Å². The number of hydrogen-bond donors (Lipinski definition) is 3. The van der Waals surface area contributed by atoms with Crippen molar-refractivity contribution in [2.75, 3.05) is 13.1 Å². The molecule has 1 saturated heterocycles. The van der Waals surface area contributed by atoms with Crippen molar-refractivity contribution >= 4 is 22.7 Å². The Bertz CT molecular complexity index is 822. The Labute approximate surface area is 165 Å². The van der Waals surface area contributed by atoms with Crippen molar-refractivity contribution in [3.8, 4) is 0 Å². The number of carbonyl (C=O) groups is 2. The number of para-hydroxylation sites is 1. The summed E-state index contributed by atoms with van der Waals surface area (Å²) >= 11 is 0. The predicted octanol–water partition coefficient (Wildman–Crippen LogP) is 1.99. The van der Waals surface area contributed by atoms with Gasteiger partial charge >= 0.3 is 0 Å². The maximum absolute atomic E-state index is 12.8. The number of benzene rings is 1. The molecule has 1 aliphatic heterocycles. The molecule has 0 spiro atoms. The van der Waals surface area contributed by atoms with Gasteiger partial charge in [-0.1, -0.05) is 32.0 Å². The van der Waals surface area contributed by atoms with Gasteiger partial charge in [-0.25, -0.2) is 0 Å². The summed E-state index contributed by atoms with van der Waals surface area (Å²) in [6, 6.07) is 7.51. The Morgan fingerprint density at radius 3 is 2.54 bits per heavy atom. The Morgan fingerprint density at radius 1 is 1.18 bits per heavy atom. The summed E-state index contributed by atoms with van der Waals surface area (Å²) < 4.78 is 5.77. The van der Waals surface area contributed by atoms with Crippen LogP contribution in [-0.2, 0) is 20.7 Å². The van der Waals surface area contributed by atoms with Gasteiger partial charge in [0.05, 0.1) is 24.7 Å². The van der Waals surface area contributed by atoms with Crippen LogP contribution in [0.1, 0.15) is 33.3 Å². The van der Waals surface area contributed by atoms with E-state index in [-0.39, 0.29) is 42.4 Å². The molecule has 2 aromatic rings. The standard InChI is InChI=1S/C21H30N4O3/c1-13(2)20(25-11-14(3)28-15(4)12-25)21(27)24-23-19(26)9-16-10-22-18-8-6-5-7-17(16)18/h5-8,10,13-15,20,22H,9,11-12H2,1-4H3,(H,23,26)(H,24,27). The zero-order chi connectivity index (χ0) is 20.3. The van der Waals surface area contributed by atoms with Crippen LogP contribution < -0.4 is 10.9 Å². The molecule has 3 atom stereocenters. The molecule has 7 nitrogen and oxygen atoms in total. The molecule has 1 aliphatic rings. The molecule has 2 amide bonds. The van der Waals surface area contributed by atoms with Crippen LogP contribution in [0.5, 0.6) is 0 Å². The van der Waals surface area contributed by atoms with Gasteiger partial charge in [0.2, 0.25) is 5.91 Å². The largest absolute Gasteiger partial charge is 0.373 e. The van der Waals surface area contributed by atoms with Crippen LogP contribution in [0.15, 0.2) is 30.5 Å². The first-order valence-corrected chi connectivity index (χ1v) is 9.88. The molecule has 0 bridgehead atoms. The lowest BCUT2D eigenvalue weighted by atomic mass is 10.00. The van der Waals surface area contributed by atoms with Gasteiger partial charge in [-0.05, 0) is 31.4 Å². The van der Waals surface area contributed by atoms with Crippen molar-refractivity contribution in [2.45, 2.75) is 52.4 Å². The molecule has 1 fully saturated rings. The lowest BCUT2D eigenvalue weighted by molar-refractivity contribution is -0.138. The van der Waals surface area contributed by atoms with Gasteiger partial charge in [0.15, 0.2) is 0 Å². The molecule has 152 valence electrons. The molecule has 3 unspecified atom stereocenters. The lowest BCUT2D eigenvalue weighted by Crippen LogP contribution is -2.59. The van der Waals surface area contributed by atoms with E-state index in [1.807, 2.05) is 58.2 Å². The van der Waals surface area contributed by atoms with Crippen LogP contribution in [0.25, 0.3) is 10.9 Å². The maximum Gasteiger partial charge on any atom is 0.255 e. The highest BCUT2D eigenvalue weighted by Gasteiger charge is 2.34. The number of rotatable bonds is 5. The first-order valence-electron chi connectivity index (χ1n) is 9.88. The Balaban J connectivity index is 1.58. The number of amides is 2. The highest BCUT2D eigenvalue weighted by molar-refractivity contribution is 5.90. The van der Waals surface area contributed by atoms with Crippen molar-refractivity contribution in [3.63, 3.8) is 0 Å². The minimum absolute atomic E-state index is 0.0780. The number of morpholine rings is 1. The molecule has 0 saturated carbocycles. The molecular formula is C21H30N4O3. The van der Waals surface area contributed by atoms with Crippen molar-refractivity contribution in [2.24, 2.45) is 5.92 Å². The van der Waals surface area contributed by atoms with Gasteiger partial charge in [-0.3, -0.25) is 25.3 Å². The van der Waals surface area contributed by atoms with Gasteiger partial charge in [0, 0.05) is 30.2 Å². The van der Waals surface area contributed by atoms with Gasteiger partial charge in [0.25, 0.3) is 5.91 Å². The summed E-state index contributed by atoms with van der Waals surface area (Å²) in [4.78, 5) is 30.5. The Hall–Kier alpha value is -2.38. The van der Waals surface area contributed by atoms with Crippen LogP contribution in [0.4, 0.5) is 0 Å². The van der Waals surface area contributed by atoms with Crippen molar-refractivity contribution in [1.29, 1.82) is 0 Å². The van der Waals surface area contributed by atoms with Crippen LogP contribution in [0, 0.1) is 5.92 Å². The average molecular weight is 386 g/mol. The molecule has 0 aliphatic carbocycles. The summed E-state index contributed by atoms with van der Waals surface area (Å²) in [6.07, 6.45) is 2.19. The highest BCUT2D eigenvalue weighted by Crippen LogP contribution is 2.19. The molecule has 28 heavy (non-hydrogen) atoms. The molecule has 1 aromatic heterocycles. The van der Waals surface area contributed by atoms with Gasteiger partial charge in [0.1, 0.15) is 0 Å². The van der Waals surface area contributed by atoms with E-state index in [1.54, 1.807) is 0 Å². The van der Waals surface area contributed by atoms with Gasteiger partial charge < -0.3 is 9.72 Å². The number of aromatic nitrogens is 1. The first-order chi connectivity index (χ1) is 13.3. The number of hydrogen-bond acceptors (Lipinski definition) is 4. The molecule has 7 heteroatoms. The third-order valence-electron chi connectivity index (χ3n) is 5.09. The normalized spacial score (nSPS) is 21.6. The summed E-state index contributed by atoms with van der Waals surface area (Å²) in [5, 5.41) is 1.01. The van der Waals surface area contributed by atoms with Crippen molar-refractivity contribution in [3.05, 3.63) is 36.0 Å². The minimum Gasteiger partial charge on any atom is -0.373 e. The SMILES string of the molecule is CC1CN(C(C(=O)NNC(=O)Cc2c[nH]c3ccccc23)C(C)C)CC(C)O1. The van der Waals surface area contributed by atoms with Crippen molar-refractivity contribution < 1.29 is 14.3 Å². The van der Waals surface area contributed by atoms with E-state index in [2.05, 4.69) is 20.7 Å². The van der Waals surface area contributed by atoms with E-state index in [0.29, 0.717) is 13.1 Å².